The summed E-state index contributed by atoms with van der Waals surface area (Å²) in [6.45, 7) is 1.31. The molecule has 0 aliphatic heterocycles. The highest BCUT2D eigenvalue weighted by Gasteiger charge is 2.21. The Morgan fingerprint density at radius 3 is 2.67 bits per heavy atom. The second kappa shape index (κ2) is 8.55. The van der Waals surface area contributed by atoms with E-state index in [0.29, 0.717) is 19.1 Å². The first-order valence-electron chi connectivity index (χ1n) is 10.3. The number of hydrogen-bond acceptors (Lipinski definition) is 3. The molecule has 0 spiro atoms. The Kier molecular flexibility index (Phi) is 5.70. The van der Waals surface area contributed by atoms with Crippen LogP contribution in [0.15, 0.2) is 24.5 Å². The minimum atomic E-state index is -0.0442. The summed E-state index contributed by atoms with van der Waals surface area (Å²) in [6.07, 6.45) is 14.2. The van der Waals surface area contributed by atoms with Crippen LogP contribution in [0.5, 0.6) is 0 Å². The van der Waals surface area contributed by atoms with Gasteiger partial charge >= 0.3 is 6.03 Å². The van der Waals surface area contributed by atoms with Crippen LogP contribution >= 0.6 is 0 Å². The van der Waals surface area contributed by atoms with Crippen molar-refractivity contribution in [1.82, 2.24) is 25.4 Å². The summed E-state index contributed by atoms with van der Waals surface area (Å²) in [5.74, 6) is 0. The lowest BCUT2D eigenvalue weighted by atomic mass is 9.94. The molecule has 0 atom stereocenters. The molecule has 2 aliphatic rings. The third-order valence-corrected chi connectivity index (χ3v) is 5.76. The maximum atomic E-state index is 12.2. The highest BCUT2D eigenvalue weighted by molar-refractivity contribution is 5.74. The number of fused-ring (bicyclic) bond motifs is 1. The quantitative estimate of drug-likeness (QED) is 0.850. The van der Waals surface area contributed by atoms with Gasteiger partial charge in [0, 0.05) is 41.8 Å². The van der Waals surface area contributed by atoms with Gasteiger partial charge in [-0.25, -0.2) is 4.79 Å². The molecule has 27 heavy (non-hydrogen) atoms. The first-order valence-corrected chi connectivity index (χ1v) is 10.3. The van der Waals surface area contributed by atoms with Gasteiger partial charge in [-0.2, -0.15) is 5.10 Å². The number of amides is 2. The van der Waals surface area contributed by atoms with Gasteiger partial charge in [0.2, 0.25) is 0 Å². The number of nitrogens with zero attached hydrogens (tertiary/aromatic N) is 3. The number of pyridine rings is 1. The van der Waals surface area contributed by atoms with Gasteiger partial charge in [0.05, 0.1) is 12.2 Å². The molecule has 0 radical (unpaired) electrons. The third kappa shape index (κ3) is 4.31. The molecule has 2 N–H and O–H groups in total. The Morgan fingerprint density at radius 2 is 1.85 bits per heavy atom. The molecule has 4 rings (SSSR count). The van der Waals surface area contributed by atoms with Gasteiger partial charge in [0.25, 0.3) is 0 Å². The van der Waals surface area contributed by atoms with Gasteiger partial charge in [-0.15, -0.1) is 0 Å². The smallest absolute Gasteiger partial charge is 0.315 e. The summed E-state index contributed by atoms with van der Waals surface area (Å²) in [4.78, 5) is 16.3. The molecule has 0 bridgehead atoms. The molecule has 1 saturated carbocycles. The summed E-state index contributed by atoms with van der Waals surface area (Å²) in [6, 6.07) is 4.35. The summed E-state index contributed by atoms with van der Waals surface area (Å²) < 4.78 is 2.10. The number of hydrogen-bond donors (Lipinski definition) is 2. The number of nitrogens with one attached hydrogen (secondary N) is 2. The zero-order valence-electron chi connectivity index (χ0n) is 15.9. The number of carbonyl (C=O) groups is 1. The van der Waals surface area contributed by atoms with Crippen molar-refractivity contribution in [3.05, 3.63) is 35.8 Å². The van der Waals surface area contributed by atoms with E-state index in [1.807, 2.05) is 24.5 Å². The summed E-state index contributed by atoms with van der Waals surface area (Å²) in [5.41, 5.74) is 4.92. The van der Waals surface area contributed by atoms with E-state index in [1.165, 1.54) is 43.4 Å². The van der Waals surface area contributed by atoms with Crippen LogP contribution in [0.4, 0.5) is 4.79 Å². The molecule has 0 saturated heterocycles. The number of aromatic nitrogens is 3. The lowest BCUT2D eigenvalue weighted by Gasteiger charge is -2.23. The molecule has 2 aromatic heterocycles. The van der Waals surface area contributed by atoms with Crippen LogP contribution in [0.1, 0.15) is 56.2 Å². The van der Waals surface area contributed by atoms with Crippen molar-refractivity contribution >= 4 is 6.03 Å². The van der Waals surface area contributed by atoms with Crippen molar-refractivity contribution in [3.63, 3.8) is 0 Å². The molecule has 2 heterocycles. The van der Waals surface area contributed by atoms with E-state index in [-0.39, 0.29) is 6.03 Å². The van der Waals surface area contributed by atoms with Gasteiger partial charge in [-0.1, -0.05) is 19.3 Å². The first-order chi connectivity index (χ1) is 13.3. The number of urea groups is 1. The average Bonchev–Trinajstić information content (AvgIpc) is 3.08. The highest BCUT2D eigenvalue weighted by atomic mass is 16.2. The lowest BCUT2D eigenvalue weighted by Crippen LogP contribution is -2.43. The standard InChI is InChI=1S/C21H29N5O/c27-21(24-17-6-2-1-3-7-17)23-14-15-26-19-9-5-4-8-18(19)20(25-26)16-10-12-22-13-11-16/h10-13,17H,1-9,14-15H2,(H2,23,24,27). The Balaban J connectivity index is 1.39. The van der Waals surface area contributed by atoms with E-state index in [0.717, 1.165) is 36.9 Å². The normalized spacial score (nSPS) is 17.3. The summed E-state index contributed by atoms with van der Waals surface area (Å²) in [5, 5.41) is 11.0. The fraction of sp³-hybridized carbons (Fsp3) is 0.571. The van der Waals surface area contributed by atoms with Gasteiger partial charge in [-0.3, -0.25) is 9.67 Å². The van der Waals surface area contributed by atoms with Crippen LogP contribution in [-0.2, 0) is 19.4 Å². The summed E-state index contributed by atoms with van der Waals surface area (Å²) in [7, 11) is 0. The van der Waals surface area contributed by atoms with E-state index < -0.39 is 0 Å². The van der Waals surface area contributed by atoms with E-state index in [1.54, 1.807) is 0 Å². The maximum absolute atomic E-state index is 12.2. The Hall–Kier alpha value is -2.37. The molecule has 6 heteroatoms. The van der Waals surface area contributed by atoms with Gasteiger partial charge in [0.1, 0.15) is 0 Å². The highest BCUT2D eigenvalue weighted by Crippen LogP contribution is 2.30. The van der Waals surface area contributed by atoms with Gasteiger partial charge in [0.15, 0.2) is 0 Å². The first kappa shape index (κ1) is 18.0. The van der Waals surface area contributed by atoms with Crippen LogP contribution in [0, 0.1) is 0 Å². The zero-order valence-corrected chi connectivity index (χ0v) is 15.9. The maximum Gasteiger partial charge on any atom is 0.315 e. The Labute approximate surface area is 160 Å². The van der Waals surface area contributed by atoms with E-state index in [4.69, 9.17) is 5.10 Å². The monoisotopic (exact) mass is 367 g/mol. The van der Waals surface area contributed by atoms with Crippen LogP contribution < -0.4 is 10.6 Å². The number of carbonyl (C=O) groups excluding carboxylic acids is 1. The minimum Gasteiger partial charge on any atom is -0.336 e. The van der Waals surface area contributed by atoms with Crippen molar-refractivity contribution in [2.45, 2.75) is 70.4 Å². The van der Waals surface area contributed by atoms with Gasteiger partial charge in [-0.05, 0) is 50.7 Å². The molecular formula is C21H29N5O. The largest absolute Gasteiger partial charge is 0.336 e. The summed E-state index contributed by atoms with van der Waals surface area (Å²) >= 11 is 0. The Bertz CT molecular complexity index is 764. The third-order valence-electron chi connectivity index (χ3n) is 5.76. The van der Waals surface area contributed by atoms with Gasteiger partial charge < -0.3 is 10.6 Å². The molecule has 144 valence electrons. The molecule has 0 aromatic carbocycles. The molecular weight excluding hydrogens is 338 g/mol. The van der Waals surface area contributed by atoms with E-state index >= 15 is 0 Å². The van der Waals surface area contributed by atoms with Crippen molar-refractivity contribution < 1.29 is 4.79 Å². The van der Waals surface area contributed by atoms with Crippen molar-refractivity contribution in [2.24, 2.45) is 0 Å². The molecule has 0 unspecified atom stereocenters. The number of rotatable bonds is 5. The molecule has 2 amide bonds. The SMILES string of the molecule is O=C(NCCn1nc(-c2ccncc2)c2c1CCCC2)NC1CCCCC1. The topological polar surface area (TPSA) is 71.8 Å². The van der Waals surface area contributed by atoms with E-state index in [2.05, 4.69) is 20.3 Å². The minimum absolute atomic E-state index is 0.0442. The predicted molar refractivity (Wildman–Crippen MR) is 106 cm³/mol. The second-order valence-corrected chi connectivity index (χ2v) is 7.68. The molecule has 6 nitrogen and oxygen atoms in total. The van der Waals surface area contributed by atoms with Crippen molar-refractivity contribution in [1.29, 1.82) is 0 Å². The molecule has 2 aliphatic carbocycles. The van der Waals surface area contributed by atoms with Crippen molar-refractivity contribution in [3.8, 4) is 11.3 Å². The Morgan fingerprint density at radius 1 is 1.07 bits per heavy atom. The van der Waals surface area contributed by atoms with Crippen LogP contribution in [0.2, 0.25) is 0 Å². The lowest BCUT2D eigenvalue weighted by molar-refractivity contribution is 0.232. The fourth-order valence-electron chi connectivity index (χ4n) is 4.36. The average molecular weight is 367 g/mol. The van der Waals surface area contributed by atoms with Crippen LogP contribution in [0.3, 0.4) is 0 Å². The fourth-order valence-corrected chi connectivity index (χ4v) is 4.36. The second-order valence-electron chi connectivity index (χ2n) is 7.68. The molecule has 1 fully saturated rings. The predicted octanol–water partition coefficient (Wildman–Crippen LogP) is 3.46. The van der Waals surface area contributed by atoms with Crippen LogP contribution in [0.25, 0.3) is 11.3 Å². The van der Waals surface area contributed by atoms with Crippen molar-refractivity contribution in [2.75, 3.05) is 6.54 Å². The molecule has 2 aromatic rings. The zero-order chi connectivity index (χ0) is 18.5. The van der Waals surface area contributed by atoms with Crippen LogP contribution in [-0.4, -0.2) is 33.4 Å². The van der Waals surface area contributed by atoms with E-state index in [9.17, 15) is 4.79 Å².